The molecule has 0 atom stereocenters. The molecule has 0 unspecified atom stereocenters. The smallest absolute Gasteiger partial charge is 0.256 e. The topological polar surface area (TPSA) is 12.9 Å². The Bertz CT molecular complexity index is 1360. The first-order chi connectivity index (χ1) is 13.6. The maximum atomic E-state index is 13.7. The van der Waals surface area contributed by atoms with Crippen LogP contribution in [0.2, 0.25) is 0 Å². The van der Waals surface area contributed by atoms with E-state index < -0.39 is 6.43 Å². The monoisotopic (exact) mass is 373 g/mol. The van der Waals surface area contributed by atoms with Gasteiger partial charge >= 0.3 is 0 Å². The molecule has 0 saturated heterocycles. The predicted octanol–water partition coefficient (Wildman–Crippen LogP) is 7.28. The van der Waals surface area contributed by atoms with E-state index in [2.05, 4.69) is 4.98 Å². The fourth-order valence-electron chi connectivity index (χ4n) is 3.85. The number of pyridine rings is 1. The molecule has 4 aromatic carbocycles. The Morgan fingerprint density at radius 3 is 2.32 bits per heavy atom. The number of alkyl halides is 2. The molecule has 4 heteroatoms. The third-order valence-electron chi connectivity index (χ3n) is 5.13. The molecule has 1 aromatic heterocycles. The Morgan fingerprint density at radius 1 is 0.679 bits per heavy atom. The van der Waals surface area contributed by atoms with Crippen LogP contribution in [0, 0.1) is 5.82 Å². The van der Waals surface area contributed by atoms with E-state index in [9.17, 15) is 13.2 Å². The summed E-state index contributed by atoms with van der Waals surface area (Å²) in [6, 6.07) is 20.8. The summed E-state index contributed by atoms with van der Waals surface area (Å²) < 4.78 is 41.0. The van der Waals surface area contributed by atoms with Crippen molar-refractivity contribution in [1.82, 2.24) is 4.98 Å². The van der Waals surface area contributed by atoms with Gasteiger partial charge in [-0.25, -0.2) is 13.2 Å². The van der Waals surface area contributed by atoms with Crippen molar-refractivity contribution in [2.45, 2.75) is 6.43 Å². The highest BCUT2D eigenvalue weighted by atomic mass is 19.3. The van der Waals surface area contributed by atoms with Crippen molar-refractivity contribution in [2.24, 2.45) is 0 Å². The lowest BCUT2D eigenvalue weighted by atomic mass is 9.95. The molecule has 28 heavy (non-hydrogen) atoms. The van der Waals surface area contributed by atoms with Gasteiger partial charge in [0.2, 0.25) is 0 Å². The van der Waals surface area contributed by atoms with Gasteiger partial charge in [0.1, 0.15) is 5.82 Å². The second-order valence-electron chi connectivity index (χ2n) is 6.77. The standard InChI is InChI=1S/C24H14F3N/c25-17-6-8-19-15(12-17)5-7-21-20(19)9-10-28-23(21)16-11-14-3-1-2-4-18(14)22(13-16)24(26)27/h1-13,24H. The molecule has 0 saturated carbocycles. The Hall–Kier alpha value is -3.40. The summed E-state index contributed by atoms with van der Waals surface area (Å²) in [6.45, 7) is 0. The summed E-state index contributed by atoms with van der Waals surface area (Å²) in [5.74, 6) is -0.294. The van der Waals surface area contributed by atoms with Gasteiger partial charge in [0.05, 0.1) is 5.69 Å². The summed E-state index contributed by atoms with van der Waals surface area (Å²) in [5, 5.41) is 4.74. The number of aromatic nitrogens is 1. The fourth-order valence-corrected chi connectivity index (χ4v) is 3.85. The van der Waals surface area contributed by atoms with Crippen LogP contribution in [-0.2, 0) is 0 Å². The predicted molar refractivity (Wildman–Crippen MR) is 107 cm³/mol. The van der Waals surface area contributed by atoms with Gasteiger partial charge < -0.3 is 0 Å². The summed E-state index contributed by atoms with van der Waals surface area (Å²) >= 11 is 0. The molecule has 1 heterocycles. The molecule has 1 nitrogen and oxygen atoms in total. The first-order valence-electron chi connectivity index (χ1n) is 8.90. The van der Waals surface area contributed by atoms with Gasteiger partial charge in [-0.3, -0.25) is 4.98 Å². The third kappa shape index (κ3) is 2.61. The van der Waals surface area contributed by atoms with Gasteiger partial charge in [0, 0.05) is 22.7 Å². The van der Waals surface area contributed by atoms with Crippen molar-refractivity contribution < 1.29 is 13.2 Å². The van der Waals surface area contributed by atoms with Crippen LogP contribution in [0.15, 0.2) is 79.0 Å². The Kier molecular flexibility index (Phi) is 3.79. The van der Waals surface area contributed by atoms with E-state index >= 15 is 0 Å². The highest BCUT2D eigenvalue weighted by Gasteiger charge is 2.16. The highest BCUT2D eigenvalue weighted by Crippen LogP contribution is 2.36. The normalized spacial score (nSPS) is 11.7. The van der Waals surface area contributed by atoms with Crippen LogP contribution in [0.4, 0.5) is 13.2 Å². The minimum Gasteiger partial charge on any atom is -0.256 e. The summed E-state index contributed by atoms with van der Waals surface area (Å²) in [6.07, 6.45) is -0.916. The summed E-state index contributed by atoms with van der Waals surface area (Å²) in [7, 11) is 0. The largest absolute Gasteiger partial charge is 0.264 e. The van der Waals surface area contributed by atoms with Gasteiger partial charge in [-0.2, -0.15) is 0 Å². The van der Waals surface area contributed by atoms with Crippen molar-refractivity contribution in [3.63, 3.8) is 0 Å². The number of benzene rings is 4. The number of rotatable bonds is 2. The number of halogens is 3. The molecule has 0 radical (unpaired) electrons. The SMILES string of the molecule is Fc1ccc2c(ccc3c(-c4cc(C(F)F)c5ccccc5c4)nccc32)c1. The van der Waals surface area contributed by atoms with Crippen LogP contribution in [0.5, 0.6) is 0 Å². The number of hydrogen-bond acceptors (Lipinski definition) is 1. The molecule has 0 bridgehead atoms. The van der Waals surface area contributed by atoms with Crippen LogP contribution in [-0.4, -0.2) is 4.98 Å². The lowest BCUT2D eigenvalue weighted by Gasteiger charge is -2.12. The fraction of sp³-hybridized carbons (Fsp3) is 0.0417. The molecule has 5 rings (SSSR count). The lowest BCUT2D eigenvalue weighted by molar-refractivity contribution is 0.153. The molecule has 0 aliphatic carbocycles. The van der Waals surface area contributed by atoms with E-state index in [0.29, 0.717) is 16.6 Å². The van der Waals surface area contributed by atoms with E-state index in [1.807, 2.05) is 36.4 Å². The summed E-state index contributed by atoms with van der Waals surface area (Å²) in [4.78, 5) is 4.49. The van der Waals surface area contributed by atoms with Gasteiger partial charge in [0.25, 0.3) is 6.43 Å². The number of fused-ring (bicyclic) bond motifs is 4. The van der Waals surface area contributed by atoms with Crippen LogP contribution in [0.1, 0.15) is 12.0 Å². The average molecular weight is 373 g/mol. The molecule has 0 aliphatic heterocycles. The van der Waals surface area contributed by atoms with Crippen LogP contribution >= 0.6 is 0 Å². The van der Waals surface area contributed by atoms with Gasteiger partial charge in [-0.15, -0.1) is 0 Å². The van der Waals surface area contributed by atoms with E-state index in [0.717, 1.165) is 26.9 Å². The summed E-state index contributed by atoms with van der Waals surface area (Å²) in [5.41, 5.74) is 1.27. The van der Waals surface area contributed by atoms with E-state index in [4.69, 9.17) is 0 Å². The molecule has 0 spiro atoms. The number of hydrogen-bond donors (Lipinski definition) is 0. The zero-order valence-electron chi connectivity index (χ0n) is 14.7. The second-order valence-corrected chi connectivity index (χ2v) is 6.77. The van der Waals surface area contributed by atoms with Crippen molar-refractivity contribution in [3.8, 4) is 11.3 Å². The Morgan fingerprint density at radius 2 is 1.46 bits per heavy atom. The van der Waals surface area contributed by atoms with E-state index in [-0.39, 0.29) is 11.4 Å². The minimum absolute atomic E-state index is 0.00485. The third-order valence-corrected chi connectivity index (χ3v) is 5.13. The van der Waals surface area contributed by atoms with E-state index in [1.54, 1.807) is 24.4 Å². The minimum atomic E-state index is -2.58. The second kappa shape index (κ2) is 6.34. The number of nitrogens with zero attached hydrogens (tertiary/aromatic N) is 1. The van der Waals surface area contributed by atoms with Crippen LogP contribution in [0.3, 0.4) is 0 Å². The van der Waals surface area contributed by atoms with Crippen LogP contribution < -0.4 is 0 Å². The zero-order chi connectivity index (χ0) is 19.3. The highest BCUT2D eigenvalue weighted by molar-refractivity contribution is 6.11. The van der Waals surface area contributed by atoms with Crippen LogP contribution in [0.25, 0.3) is 43.6 Å². The molecule has 0 N–H and O–H groups in total. The van der Waals surface area contributed by atoms with Crippen molar-refractivity contribution in [1.29, 1.82) is 0 Å². The van der Waals surface area contributed by atoms with E-state index in [1.165, 1.54) is 18.2 Å². The molecule has 0 aliphatic rings. The molecule has 0 fully saturated rings. The quantitative estimate of drug-likeness (QED) is 0.296. The van der Waals surface area contributed by atoms with Gasteiger partial charge in [0.15, 0.2) is 0 Å². The van der Waals surface area contributed by atoms with Gasteiger partial charge in [-0.1, -0.05) is 42.5 Å². The lowest BCUT2D eigenvalue weighted by Crippen LogP contribution is -1.92. The average Bonchev–Trinajstić information content (AvgIpc) is 2.72. The zero-order valence-corrected chi connectivity index (χ0v) is 14.7. The maximum absolute atomic E-state index is 13.7. The van der Waals surface area contributed by atoms with Crippen molar-refractivity contribution in [3.05, 3.63) is 90.4 Å². The Labute approximate surface area is 159 Å². The molecule has 0 amide bonds. The molecular weight excluding hydrogens is 359 g/mol. The van der Waals surface area contributed by atoms with Crippen molar-refractivity contribution >= 4 is 32.3 Å². The van der Waals surface area contributed by atoms with Gasteiger partial charge in [-0.05, 0) is 57.3 Å². The van der Waals surface area contributed by atoms with Crippen molar-refractivity contribution in [2.75, 3.05) is 0 Å². The first kappa shape index (κ1) is 16.8. The first-order valence-corrected chi connectivity index (χ1v) is 8.90. The molecule has 5 aromatic rings. The Balaban J connectivity index is 1.83. The molecular formula is C24H14F3N. The molecule has 136 valence electrons. The maximum Gasteiger partial charge on any atom is 0.264 e.